The van der Waals surface area contributed by atoms with E-state index in [2.05, 4.69) is 0 Å². The number of nitrogens with zero attached hydrogens (tertiary/aromatic N) is 2. The molecule has 36 heavy (non-hydrogen) atoms. The molecule has 2 amide bonds. The molecule has 10 nitrogen and oxygen atoms in total. The quantitative estimate of drug-likeness (QED) is 0.127. The summed E-state index contributed by atoms with van der Waals surface area (Å²) in [6, 6.07) is 11.2. The highest BCUT2D eigenvalue weighted by Gasteiger charge is 2.36. The fourth-order valence-corrected chi connectivity index (χ4v) is 4.10. The molecule has 2 aromatic rings. The molecule has 1 fully saturated rings. The fourth-order valence-electron chi connectivity index (χ4n) is 3.26. The third-order valence-corrected chi connectivity index (χ3v) is 5.97. The van der Waals surface area contributed by atoms with E-state index in [0.717, 1.165) is 23.1 Å². The first-order valence-corrected chi connectivity index (χ1v) is 12.2. The maximum Gasteiger partial charge on any atom is 0.326 e. The van der Waals surface area contributed by atoms with Gasteiger partial charge in [0.2, 0.25) is 0 Å². The van der Waals surface area contributed by atoms with E-state index in [1.165, 1.54) is 12.1 Å². The summed E-state index contributed by atoms with van der Waals surface area (Å²) < 4.78 is 16.5. The van der Waals surface area contributed by atoms with Crippen LogP contribution in [0.4, 0.5) is 10.5 Å². The van der Waals surface area contributed by atoms with E-state index in [1.54, 1.807) is 43.3 Å². The summed E-state index contributed by atoms with van der Waals surface area (Å²) in [6.45, 7) is 3.86. The predicted octanol–water partition coefficient (Wildman–Crippen LogP) is 4.95. The van der Waals surface area contributed by atoms with E-state index < -0.39 is 28.6 Å². The van der Waals surface area contributed by atoms with Gasteiger partial charge in [-0.1, -0.05) is 31.5 Å². The molecular formula is C25H26N2O8S. The second-order valence-corrected chi connectivity index (χ2v) is 8.65. The van der Waals surface area contributed by atoms with Crippen LogP contribution in [0.3, 0.4) is 0 Å². The molecule has 0 saturated carbocycles. The number of ether oxygens (including phenoxy) is 3. The van der Waals surface area contributed by atoms with E-state index in [4.69, 9.17) is 14.2 Å². The zero-order chi connectivity index (χ0) is 26.1. The van der Waals surface area contributed by atoms with Crippen molar-refractivity contribution in [3.8, 4) is 11.5 Å². The van der Waals surface area contributed by atoms with Gasteiger partial charge in [-0.05, 0) is 54.9 Å². The summed E-state index contributed by atoms with van der Waals surface area (Å²) >= 11 is 0.737. The Kier molecular flexibility index (Phi) is 9.46. The predicted molar refractivity (Wildman–Crippen MR) is 134 cm³/mol. The van der Waals surface area contributed by atoms with Gasteiger partial charge in [-0.15, -0.1) is 0 Å². The van der Waals surface area contributed by atoms with Gasteiger partial charge in [0.25, 0.3) is 16.8 Å². The number of para-hydroxylation sites is 1. The third-order valence-electron chi connectivity index (χ3n) is 5.06. The Morgan fingerprint density at radius 2 is 1.89 bits per heavy atom. The zero-order valence-corrected chi connectivity index (χ0v) is 20.7. The number of nitro groups is 1. The molecule has 0 spiro atoms. The molecular weight excluding hydrogens is 488 g/mol. The van der Waals surface area contributed by atoms with E-state index in [1.807, 2.05) is 6.92 Å². The molecule has 0 aliphatic carbocycles. The molecule has 0 unspecified atom stereocenters. The Balaban J connectivity index is 1.73. The number of unbranched alkanes of at least 4 members (excludes halogenated alkanes) is 1. The lowest BCUT2D eigenvalue weighted by Gasteiger charge is -2.13. The van der Waals surface area contributed by atoms with E-state index in [0.29, 0.717) is 35.7 Å². The first-order valence-electron chi connectivity index (χ1n) is 11.4. The summed E-state index contributed by atoms with van der Waals surface area (Å²) in [4.78, 5) is 48.7. The largest absolute Gasteiger partial charge is 0.490 e. The number of carbonyl (C=O) groups excluding carboxylic acids is 3. The summed E-state index contributed by atoms with van der Waals surface area (Å²) in [5.74, 6) is -0.462. The minimum Gasteiger partial charge on any atom is -0.490 e. The van der Waals surface area contributed by atoms with Crippen LogP contribution in [0.25, 0.3) is 6.08 Å². The molecule has 0 radical (unpaired) electrons. The van der Waals surface area contributed by atoms with Crippen molar-refractivity contribution in [3.63, 3.8) is 0 Å². The molecule has 0 bridgehead atoms. The highest BCUT2D eigenvalue weighted by Crippen LogP contribution is 2.35. The van der Waals surface area contributed by atoms with Crippen molar-refractivity contribution in [1.29, 1.82) is 0 Å². The first kappa shape index (κ1) is 26.7. The average Bonchev–Trinajstić information content (AvgIpc) is 3.11. The average molecular weight is 515 g/mol. The van der Waals surface area contributed by atoms with Crippen LogP contribution in [0.15, 0.2) is 47.4 Å². The van der Waals surface area contributed by atoms with E-state index in [-0.39, 0.29) is 23.8 Å². The summed E-state index contributed by atoms with van der Waals surface area (Å²) in [6.07, 6.45) is 3.09. The summed E-state index contributed by atoms with van der Waals surface area (Å²) in [7, 11) is 0. The molecule has 1 aliphatic rings. The standard InChI is InChI=1S/C25H26N2O8S/c1-3-5-12-34-23(28)15-26-24(29)22(36-25(26)30)14-17-10-11-20(21(13-17)33-4-2)35-16-18-8-6-7-9-19(18)27(31)32/h6-11,13-14H,3-5,12,15-16H2,1-2H3/b22-14+. The maximum absolute atomic E-state index is 12.7. The number of amides is 2. The number of carbonyl (C=O) groups is 3. The fraction of sp³-hybridized carbons (Fsp3) is 0.320. The number of rotatable bonds is 12. The van der Waals surface area contributed by atoms with Crippen molar-refractivity contribution in [2.24, 2.45) is 0 Å². The van der Waals surface area contributed by atoms with Crippen LogP contribution < -0.4 is 9.47 Å². The molecule has 1 saturated heterocycles. The minimum absolute atomic E-state index is 0.0379. The number of hydrogen-bond donors (Lipinski definition) is 0. The van der Waals surface area contributed by atoms with Gasteiger partial charge < -0.3 is 14.2 Å². The van der Waals surface area contributed by atoms with Crippen LogP contribution in [0.1, 0.15) is 37.8 Å². The lowest BCUT2D eigenvalue weighted by atomic mass is 10.1. The highest BCUT2D eigenvalue weighted by molar-refractivity contribution is 8.18. The Hall–Kier alpha value is -3.86. The van der Waals surface area contributed by atoms with Crippen LogP contribution >= 0.6 is 11.8 Å². The van der Waals surface area contributed by atoms with Crippen molar-refractivity contribution in [2.45, 2.75) is 33.3 Å². The van der Waals surface area contributed by atoms with Gasteiger partial charge in [-0.3, -0.25) is 29.4 Å². The highest BCUT2D eigenvalue weighted by atomic mass is 32.2. The van der Waals surface area contributed by atoms with Crippen LogP contribution in [-0.4, -0.2) is 46.7 Å². The summed E-state index contributed by atoms with van der Waals surface area (Å²) in [5, 5.41) is 10.7. The Morgan fingerprint density at radius 1 is 1.11 bits per heavy atom. The van der Waals surface area contributed by atoms with E-state index >= 15 is 0 Å². The smallest absolute Gasteiger partial charge is 0.326 e. The number of esters is 1. The lowest BCUT2D eigenvalue weighted by Crippen LogP contribution is -2.34. The van der Waals surface area contributed by atoms with Gasteiger partial charge in [-0.25, -0.2) is 0 Å². The van der Waals surface area contributed by atoms with Crippen molar-refractivity contribution >= 4 is 40.6 Å². The molecule has 11 heteroatoms. The van der Waals surface area contributed by atoms with E-state index in [9.17, 15) is 24.5 Å². The van der Waals surface area contributed by atoms with Gasteiger partial charge in [0, 0.05) is 6.07 Å². The number of benzene rings is 2. The van der Waals surface area contributed by atoms with Crippen molar-refractivity contribution in [1.82, 2.24) is 4.90 Å². The second kappa shape index (κ2) is 12.7. The molecule has 1 aliphatic heterocycles. The topological polar surface area (TPSA) is 125 Å². The normalized spacial score (nSPS) is 14.3. The molecule has 190 valence electrons. The Morgan fingerprint density at radius 3 is 2.61 bits per heavy atom. The zero-order valence-electron chi connectivity index (χ0n) is 19.9. The van der Waals surface area contributed by atoms with Gasteiger partial charge in [0.15, 0.2) is 11.5 Å². The monoisotopic (exact) mass is 514 g/mol. The molecule has 2 aromatic carbocycles. The molecule has 0 atom stereocenters. The lowest BCUT2D eigenvalue weighted by molar-refractivity contribution is -0.385. The number of thioether (sulfide) groups is 1. The van der Waals surface area contributed by atoms with Crippen molar-refractivity contribution < 1.29 is 33.5 Å². The molecule has 0 aromatic heterocycles. The van der Waals surface area contributed by atoms with Gasteiger partial charge >= 0.3 is 5.97 Å². The molecule has 0 N–H and O–H groups in total. The van der Waals surface area contributed by atoms with Gasteiger partial charge in [0.05, 0.1) is 28.6 Å². The van der Waals surface area contributed by atoms with Crippen LogP contribution in [0.2, 0.25) is 0 Å². The number of nitro benzene ring substituents is 1. The first-order chi connectivity index (χ1) is 17.3. The third kappa shape index (κ3) is 6.85. The second-order valence-electron chi connectivity index (χ2n) is 7.66. The summed E-state index contributed by atoms with van der Waals surface area (Å²) in [5.41, 5.74) is 0.945. The number of hydrogen-bond acceptors (Lipinski definition) is 9. The number of imide groups is 1. The van der Waals surface area contributed by atoms with Gasteiger partial charge in [-0.2, -0.15) is 0 Å². The SMILES string of the molecule is CCCCOC(=O)CN1C(=O)S/C(=C/c2ccc(OCc3ccccc3[N+](=O)[O-])c(OCC)c2)C1=O. The Labute approximate surface area is 212 Å². The minimum atomic E-state index is -0.634. The van der Waals surface area contributed by atoms with Gasteiger partial charge in [0.1, 0.15) is 13.2 Å². The van der Waals surface area contributed by atoms with Crippen molar-refractivity contribution in [2.75, 3.05) is 19.8 Å². The molecule has 3 rings (SSSR count). The van der Waals surface area contributed by atoms with Crippen LogP contribution in [0, 0.1) is 10.1 Å². The molecule has 1 heterocycles. The van der Waals surface area contributed by atoms with Crippen molar-refractivity contribution in [3.05, 3.63) is 68.6 Å². The maximum atomic E-state index is 12.7. The van der Waals surface area contributed by atoms with Crippen LogP contribution in [-0.2, 0) is 20.9 Å². The van der Waals surface area contributed by atoms with Crippen LogP contribution in [0.5, 0.6) is 11.5 Å². The Bertz CT molecular complexity index is 1180.